The van der Waals surface area contributed by atoms with Crippen LogP contribution in [0.1, 0.15) is 19.3 Å². The van der Waals surface area contributed by atoms with Gasteiger partial charge in [0.1, 0.15) is 16.7 Å². The molecule has 0 saturated heterocycles. The second-order valence-corrected chi connectivity index (χ2v) is 4.75. The highest BCUT2D eigenvalue weighted by Gasteiger charge is 2.22. The summed E-state index contributed by atoms with van der Waals surface area (Å²) in [6, 6.07) is 1.85. The number of aliphatic hydroxyl groups excluding tert-OH is 1. The van der Waals surface area contributed by atoms with Crippen molar-refractivity contribution < 1.29 is 5.11 Å². The Bertz CT molecular complexity index is 334. The van der Waals surface area contributed by atoms with Crippen molar-refractivity contribution in [3.05, 3.63) is 17.0 Å². The lowest BCUT2D eigenvalue weighted by molar-refractivity contribution is 0.178. The van der Waals surface area contributed by atoms with Crippen LogP contribution in [0, 0.1) is 5.92 Å². The zero-order valence-electron chi connectivity index (χ0n) is 8.36. The summed E-state index contributed by atoms with van der Waals surface area (Å²) in [4.78, 5) is 8.06. The molecule has 1 fully saturated rings. The molecule has 0 amide bonds. The molecule has 82 valence electrons. The third kappa shape index (κ3) is 3.14. The molecule has 1 aliphatic rings. The molecule has 0 spiro atoms. The van der Waals surface area contributed by atoms with E-state index in [0.717, 1.165) is 36.2 Å². The fourth-order valence-corrected chi connectivity index (χ4v) is 2.22. The van der Waals surface area contributed by atoms with E-state index in [-0.39, 0.29) is 6.10 Å². The van der Waals surface area contributed by atoms with Crippen molar-refractivity contribution >= 4 is 21.7 Å². The third-order valence-corrected chi connectivity index (χ3v) is 3.15. The van der Waals surface area contributed by atoms with E-state index in [1.54, 1.807) is 0 Å². The van der Waals surface area contributed by atoms with Crippen LogP contribution in [0.5, 0.6) is 0 Å². The summed E-state index contributed by atoms with van der Waals surface area (Å²) in [5.74, 6) is 1.40. The quantitative estimate of drug-likeness (QED) is 0.824. The monoisotopic (exact) mass is 271 g/mol. The van der Waals surface area contributed by atoms with Gasteiger partial charge in [0.15, 0.2) is 0 Å². The first kappa shape index (κ1) is 10.8. The summed E-state index contributed by atoms with van der Waals surface area (Å²) in [6.45, 7) is 0.876. The molecule has 1 aliphatic carbocycles. The Labute approximate surface area is 97.3 Å². The highest BCUT2D eigenvalue weighted by atomic mass is 79.9. The molecule has 1 saturated carbocycles. The minimum Gasteiger partial charge on any atom is -0.393 e. The number of nitrogens with zero attached hydrogens (tertiary/aromatic N) is 2. The van der Waals surface area contributed by atoms with Gasteiger partial charge < -0.3 is 10.4 Å². The zero-order chi connectivity index (χ0) is 10.7. The van der Waals surface area contributed by atoms with Crippen LogP contribution >= 0.6 is 15.9 Å². The van der Waals surface area contributed by atoms with Gasteiger partial charge in [0.25, 0.3) is 0 Å². The summed E-state index contributed by atoms with van der Waals surface area (Å²) < 4.78 is 0.784. The molecule has 2 unspecified atom stereocenters. The van der Waals surface area contributed by atoms with Crippen LogP contribution in [-0.4, -0.2) is 27.7 Å². The smallest absolute Gasteiger partial charge is 0.130 e. The number of hydrogen-bond donors (Lipinski definition) is 2. The van der Waals surface area contributed by atoms with Crippen molar-refractivity contribution in [3.8, 4) is 0 Å². The van der Waals surface area contributed by atoms with E-state index in [1.165, 1.54) is 6.33 Å². The fraction of sp³-hybridized carbons (Fsp3) is 0.600. The van der Waals surface area contributed by atoms with Gasteiger partial charge in [-0.15, -0.1) is 0 Å². The summed E-state index contributed by atoms with van der Waals surface area (Å²) in [6.07, 6.45) is 4.35. The largest absolute Gasteiger partial charge is 0.393 e. The summed E-state index contributed by atoms with van der Waals surface area (Å²) in [5.41, 5.74) is 0. The van der Waals surface area contributed by atoms with Crippen molar-refractivity contribution in [1.29, 1.82) is 0 Å². The molecular weight excluding hydrogens is 258 g/mol. The number of rotatable bonds is 3. The molecule has 1 aromatic rings. The Hall–Kier alpha value is -0.680. The first-order valence-electron chi connectivity index (χ1n) is 5.13. The average Bonchev–Trinajstić information content (AvgIpc) is 2.62. The van der Waals surface area contributed by atoms with E-state index in [9.17, 15) is 5.11 Å². The van der Waals surface area contributed by atoms with Crippen LogP contribution in [0.15, 0.2) is 17.0 Å². The van der Waals surface area contributed by atoms with E-state index in [1.807, 2.05) is 6.07 Å². The number of hydrogen-bond acceptors (Lipinski definition) is 4. The van der Waals surface area contributed by atoms with Crippen LogP contribution in [0.4, 0.5) is 5.82 Å². The maximum atomic E-state index is 9.38. The van der Waals surface area contributed by atoms with E-state index in [2.05, 4.69) is 31.2 Å². The van der Waals surface area contributed by atoms with Gasteiger partial charge in [0, 0.05) is 12.6 Å². The Kier molecular flexibility index (Phi) is 3.53. The van der Waals surface area contributed by atoms with Crippen LogP contribution in [-0.2, 0) is 0 Å². The number of halogens is 1. The van der Waals surface area contributed by atoms with Gasteiger partial charge in [-0.25, -0.2) is 9.97 Å². The summed E-state index contributed by atoms with van der Waals surface area (Å²) in [7, 11) is 0. The molecule has 0 aromatic carbocycles. The second kappa shape index (κ2) is 4.90. The van der Waals surface area contributed by atoms with Crippen LogP contribution in [0.3, 0.4) is 0 Å². The highest BCUT2D eigenvalue weighted by Crippen LogP contribution is 2.25. The van der Waals surface area contributed by atoms with E-state index in [0.29, 0.717) is 5.92 Å². The Morgan fingerprint density at radius 1 is 1.47 bits per heavy atom. The maximum Gasteiger partial charge on any atom is 0.130 e. The van der Waals surface area contributed by atoms with Gasteiger partial charge in [-0.05, 0) is 41.1 Å². The topological polar surface area (TPSA) is 58.0 Å². The van der Waals surface area contributed by atoms with Gasteiger partial charge in [0.2, 0.25) is 0 Å². The lowest BCUT2D eigenvalue weighted by Gasteiger charge is -2.10. The number of aliphatic hydroxyl groups is 1. The van der Waals surface area contributed by atoms with Gasteiger partial charge in [0.05, 0.1) is 6.10 Å². The minimum absolute atomic E-state index is 0.103. The lowest BCUT2D eigenvalue weighted by atomic mass is 10.1. The average molecular weight is 272 g/mol. The molecule has 0 aliphatic heterocycles. The molecule has 1 heterocycles. The van der Waals surface area contributed by atoms with Crippen LogP contribution in [0.25, 0.3) is 0 Å². The fourth-order valence-electron chi connectivity index (χ4n) is 1.91. The molecule has 5 heteroatoms. The number of nitrogens with one attached hydrogen (secondary N) is 1. The Balaban J connectivity index is 1.83. The lowest BCUT2D eigenvalue weighted by Crippen LogP contribution is -2.13. The van der Waals surface area contributed by atoms with Crippen molar-refractivity contribution in [1.82, 2.24) is 9.97 Å². The van der Waals surface area contributed by atoms with E-state index < -0.39 is 0 Å². The van der Waals surface area contributed by atoms with Crippen LogP contribution < -0.4 is 5.32 Å². The standard InChI is InChI=1S/C10H14BrN3O/c11-9-4-10(14-6-13-9)12-5-7-1-2-8(15)3-7/h4,6-8,15H,1-3,5H2,(H,12,13,14). The predicted octanol–water partition coefficient (Wildman–Crippen LogP) is 1.81. The van der Waals surface area contributed by atoms with Gasteiger partial charge >= 0.3 is 0 Å². The first-order valence-corrected chi connectivity index (χ1v) is 5.93. The molecule has 2 N–H and O–H groups in total. The van der Waals surface area contributed by atoms with Crippen molar-refractivity contribution in [2.45, 2.75) is 25.4 Å². The first-order chi connectivity index (χ1) is 7.24. The van der Waals surface area contributed by atoms with E-state index in [4.69, 9.17) is 0 Å². The van der Waals surface area contributed by atoms with E-state index >= 15 is 0 Å². The highest BCUT2D eigenvalue weighted by molar-refractivity contribution is 9.10. The van der Waals surface area contributed by atoms with Crippen molar-refractivity contribution in [2.75, 3.05) is 11.9 Å². The number of anilines is 1. The Morgan fingerprint density at radius 3 is 3.00 bits per heavy atom. The predicted molar refractivity (Wildman–Crippen MR) is 61.6 cm³/mol. The minimum atomic E-state index is -0.103. The van der Waals surface area contributed by atoms with Gasteiger partial charge in [-0.1, -0.05) is 0 Å². The molecule has 15 heavy (non-hydrogen) atoms. The third-order valence-electron chi connectivity index (χ3n) is 2.72. The van der Waals surface area contributed by atoms with Gasteiger partial charge in [-0.3, -0.25) is 0 Å². The summed E-state index contributed by atoms with van der Waals surface area (Å²) >= 11 is 3.29. The zero-order valence-corrected chi connectivity index (χ0v) is 9.94. The summed E-state index contributed by atoms with van der Waals surface area (Å²) in [5, 5.41) is 12.6. The Morgan fingerprint density at radius 2 is 2.33 bits per heavy atom. The van der Waals surface area contributed by atoms with Crippen molar-refractivity contribution in [3.63, 3.8) is 0 Å². The van der Waals surface area contributed by atoms with Gasteiger partial charge in [-0.2, -0.15) is 0 Å². The SMILES string of the molecule is OC1CCC(CNc2cc(Br)ncn2)C1. The molecular formula is C10H14BrN3O. The molecule has 0 radical (unpaired) electrons. The maximum absolute atomic E-state index is 9.38. The molecule has 2 rings (SSSR count). The second-order valence-electron chi connectivity index (χ2n) is 3.94. The molecule has 1 aromatic heterocycles. The normalized spacial score (nSPS) is 25.5. The molecule has 2 atom stereocenters. The molecule has 4 nitrogen and oxygen atoms in total. The van der Waals surface area contributed by atoms with Crippen molar-refractivity contribution in [2.24, 2.45) is 5.92 Å². The molecule has 0 bridgehead atoms. The van der Waals surface area contributed by atoms with Crippen LogP contribution in [0.2, 0.25) is 0 Å². The number of aromatic nitrogens is 2.